The number of nitrogens with two attached hydrogens (primary N) is 1. The van der Waals surface area contributed by atoms with Crippen molar-refractivity contribution in [2.24, 2.45) is 5.92 Å². The van der Waals surface area contributed by atoms with Gasteiger partial charge in [-0.05, 0) is 43.4 Å². The molecule has 2 rings (SSSR count). The van der Waals surface area contributed by atoms with Crippen molar-refractivity contribution in [3.63, 3.8) is 0 Å². The fourth-order valence-electron chi connectivity index (χ4n) is 2.93. The molecule has 0 saturated heterocycles. The van der Waals surface area contributed by atoms with Gasteiger partial charge in [0.05, 0.1) is 12.2 Å². The fraction of sp³-hybridized carbons (Fsp3) is 0.625. The molecule has 1 aromatic rings. The van der Waals surface area contributed by atoms with Crippen molar-refractivity contribution in [3.8, 4) is 0 Å². The summed E-state index contributed by atoms with van der Waals surface area (Å²) in [4.78, 5) is 0. The molecule has 1 fully saturated rings. The van der Waals surface area contributed by atoms with Gasteiger partial charge >= 0.3 is 0 Å². The molecule has 2 N–H and O–H groups in total. The smallest absolute Gasteiger partial charge is 0.0800 e. The monoisotopic (exact) mass is 247 g/mol. The molecule has 0 heterocycles. The van der Waals surface area contributed by atoms with Crippen LogP contribution < -0.4 is 5.73 Å². The largest absolute Gasteiger partial charge is 0.399 e. The molecule has 2 heteroatoms. The van der Waals surface area contributed by atoms with Crippen LogP contribution in [0.25, 0.3) is 0 Å². The molecule has 0 aromatic heterocycles. The molecule has 3 unspecified atom stereocenters. The first kappa shape index (κ1) is 13.4. The lowest BCUT2D eigenvalue weighted by Gasteiger charge is -2.33. The van der Waals surface area contributed by atoms with Crippen molar-refractivity contribution in [1.29, 1.82) is 0 Å². The van der Waals surface area contributed by atoms with Gasteiger partial charge in [-0.15, -0.1) is 0 Å². The Labute approximate surface area is 111 Å². The molecule has 1 aliphatic carbocycles. The van der Waals surface area contributed by atoms with Crippen molar-refractivity contribution in [1.82, 2.24) is 0 Å². The van der Waals surface area contributed by atoms with Gasteiger partial charge in [0.15, 0.2) is 0 Å². The highest BCUT2D eigenvalue weighted by Gasteiger charge is 2.26. The van der Waals surface area contributed by atoms with E-state index in [0.29, 0.717) is 6.10 Å². The van der Waals surface area contributed by atoms with Gasteiger partial charge in [0.2, 0.25) is 0 Å². The Kier molecular flexibility index (Phi) is 4.65. The summed E-state index contributed by atoms with van der Waals surface area (Å²) in [6, 6.07) is 8.05. The predicted molar refractivity (Wildman–Crippen MR) is 76.4 cm³/mol. The molecule has 0 amide bonds. The van der Waals surface area contributed by atoms with E-state index in [1.165, 1.54) is 37.7 Å². The number of ether oxygens (including phenoxy) is 1. The van der Waals surface area contributed by atoms with Gasteiger partial charge in [-0.3, -0.25) is 0 Å². The highest BCUT2D eigenvalue weighted by Crippen LogP contribution is 2.32. The Hall–Kier alpha value is -1.02. The summed E-state index contributed by atoms with van der Waals surface area (Å²) in [7, 11) is 0. The second-order valence-corrected chi connectivity index (χ2v) is 5.44. The summed E-state index contributed by atoms with van der Waals surface area (Å²) < 4.78 is 6.28. The van der Waals surface area contributed by atoms with E-state index in [1.807, 2.05) is 12.1 Å². The fourth-order valence-corrected chi connectivity index (χ4v) is 2.93. The normalized spacial score (nSPS) is 25.9. The predicted octanol–water partition coefficient (Wildman–Crippen LogP) is 4.32. The first-order chi connectivity index (χ1) is 8.70. The van der Waals surface area contributed by atoms with Crippen LogP contribution in [-0.4, -0.2) is 6.10 Å². The molecule has 18 heavy (non-hydrogen) atoms. The molecule has 2 nitrogen and oxygen atoms in total. The first-order valence-electron chi connectivity index (χ1n) is 7.21. The number of hydrogen-bond donors (Lipinski definition) is 1. The number of anilines is 1. The Bertz CT molecular complexity index is 360. The maximum Gasteiger partial charge on any atom is 0.0800 e. The first-order valence-corrected chi connectivity index (χ1v) is 7.21. The third-order valence-electron chi connectivity index (χ3n) is 4.15. The van der Waals surface area contributed by atoms with Gasteiger partial charge in [0.1, 0.15) is 0 Å². The highest BCUT2D eigenvalue weighted by atomic mass is 16.5. The van der Waals surface area contributed by atoms with Crippen LogP contribution in [0.2, 0.25) is 0 Å². The zero-order chi connectivity index (χ0) is 13.0. The van der Waals surface area contributed by atoms with Crippen molar-refractivity contribution in [2.75, 3.05) is 5.73 Å². The van der Waals surface area contributed by atoms with E-state index in [1.54, 1.807) is 0 Å². The molecular formula is C16H25NO. The minimum absolute atomic E-state index is 0.169. The summed E-state index contributed by atoms with van der Waals surface area (Å²) in [5.74, 6) is 0.745. The van der Waals surface area contributed by atoms with E-state index in [4.69, 9.17) is 10.5 Å². The summed E-state index contributed by atoms with van der Waals surface area (Å²) >= 11 is 0. The minimum Gasteiger partial charge on any atom is -0.399 e. The van der Waals surface area contributed by atoms with Crippen LogP contribution in [0, 0.1) is 5.92 Å². The maximum absolute atomic E-state index is 6.28. The van der Waals surface area contributed by atoms with E-state index in [0.717, 1.165) is 11.6 Å². The number of hydrogen-bond acceptors (Lipinski definition) is 2. The third kappa shape index (κ3) is 3.26. The number of benzene rings is 1. The van der Waals surface area contributed by atoms with Gasteiger partial charge in [0, 0.05) is 5.69 Å². The van der Waals surface area contributed by atoms with E-state index in [9.17, 15) is 0 Å². The Morgan fingerprint density at radius 3 is 2.56 bits per heavy atom. The average molecular weight is 247 g/mol. The molecule has 0 aliphatic heterocycles. The molecule has 0 bridgehead atoms. The SMILES string of the molecule is CCC1CCCCC1OC(C)c1ccc(N)cc1. The van der Waals surface area contributed by atoms with E-state index in [-0.39, 0.29) is 6.10 Å². The minimum atomic E-state index is 0.169. The van der Waals surface area contributed by atoms with Gasteiger partial charge in [-0.25, -0.2) is 0 Å². The third-order valence-corrected chi connectivity index (χ3v) is 4.15. The van der Waals surface area contributed by atoms with Crippen LogP contribution >= 0.6 is 0 Å². The number of nitrogen functional groups attached to an aromatic ring is 1. The average Bonchev–Trinajstić information content (AvgIpc) is 2.40. The highest BCUT2D eigenvalue weighted by molar-refractivity contribution is 5.39. The lowest BCUT2D eigenvalue weighted by Crippen LogP contribution is -2.28. The van der Waals surface area contributed by atoms with Gasteiger partial charge in [0.25, 0.3) is 0 Å². The van der Waals surface area contributed by atoms with Crippen molar-refractivity contribution >= 4 is 5.69 Å². The van der Waals surface area contributed by atoms with E-state index >= 15 is 0 Å². The Balaban J connectivity index is 1.97. The van der Waals surface area contributed by atoms with E-state index < -0.39 is 0 Å². The number of rotatable bonds is 4. The molecule has 1 saturated carbocycles. The summed E-state index contributed by atoms with van der Waals surface area (Å²) in [5, 5.41) is 0. The lowest BCUT2D eigenvalue weighted by molar-refractivity contribution is -0.0549. The maximum atomic E-state index is 6.28. The van der Waals surface area contributed by atoms with Crippen LogP contribution in [0.1, 0.15) is 57.6 Å². The summed E-state index contributed by atoms with van der Waals surface area (Å²) in [6.07, 6.45) is 7.08. The topological polar surface area (TPSA) is 35.2 Å². The lowest BCUT2D eigenvalue weighted by atomic mass is 9.84. The molecular weight excluding hydrogens is 222 g/mol. The molecule has 1 aromatic carbocycles. The standard InChI is InChI=1S/C16H25NO/c1-3-13-6-4-5-7-16(13)18-12(2)14-8-10-15(17)11-9-14/h8-13,16H,3-7,17H2,1-2H3. The second kappa shape index (κ2) is 6.24. The Morgan fingerprint density at radius 2 is 1.89 bits per heavy atom. The van der Waals surface area contributed by atoms with E-state index in [2.05, 4.69) is 26.0 Å². The molecule has 0 spiro atoms. The Morgan fingerprint density at radius 1 is 1.22 bits per heavy atom. The molecule has 0 radical (unpaired) electrons. The van der Waals surface area contributed by atoms with Crippen LogP contribution in [0.5, 0.6) is 0 Å². The van der Waals surface area contributed by atoms with Crippen LogP contribution in [0.3, 0.4) is 0 Å². The van der Waals surface area contributed by atoms with Crippen molar-refractivity contribution in [3.05, 3.63) is 29.8 Å². The van der Waals surface area contributed by atoms with Gasteiger partial charge in [-0.2, -0.15) is 0 Å². The van der Waals surface area contributed by atoms with Crippen LogP contribution in [0.15, 0.2) is 24.3 Å². The molecule has 100 valence electrons. The zero-order valence-electron chi connectivity index (χ0n) is 11.6. The van der Waals surface area contributed by atoms with Crippen LogP contribution in [-0.2, 0) is 4.74 Å². The summed E-state index contributed by atoms with van der Waals surface area (Å²) in [5.41, 5.74) is 7.76. The van der Waals surface area contributed by atoms with Crippen LogP contribution in [0.4, 0.5) is 5.69 Å². The van der Waals surface area contributed by atoms with Gasteiger partial charge < -0.3 is 10.5 Å². The molecule has 1 aliphatic rings. The zero-order valence-corrected chi connectivity index (χ0v) is 11.6. The van der Waals surface area contributed by atoms with Crippen molar-refractivity contribution in [2.45, 2.75) is 58.2 Å². The van der Waals surface area contributed by atoms with Gasteiger partial charge in [-0.1, -0.05) is 38.3 Å². The van der Waals surface area contributed by atoms with Crippen molar-refractivity contribution < 1.29 is 4.74 Å². The second-order valence-electron chi connectivity index (χ2n) is 5.44. The molecule has 3 atom stereocenters. The summed E-state index contributed by atoms with van der Waals surface area (Å²) in [6.45, 7) is 4.42. The quantitative estimate of drug-likeness (QED) is 0.804.